The highest BCUT2D eigenvalue weighted by Gasteiger charge is 2.19. The Balaban J connectivity index is 3.11. The van der Waals surface area contributed by atoms with Crippen LogP contribution in [0.25, 0.3) is 0 Å². The molecule has 1 aromatic rings. The molecule has 0 aromatic heterocycles. The van der Waals surface area contributed by atoms with Gasteiger partial charge in [-0.05, 0) is 31.5 Å². The molecule has 0 fully saturated rings. The van der Waals surface area contributed by atoms with Gasteiger partial charge in [0.25, 0.3) is 0 Å². The van der Waals surface area contributed by atoms with Gasteiger partial charge < -0.3 is 10.8 Å². The van der Waals surface area contributed by atoms with Crippen LogP contribution in [0.4, 0.5) is 10.1 Å². The molecule has 17 heavy (non-hydrogen) atoms. The maximum Gasteiger partial charge on any atom is 0.240 e. The van der Waals surface area contributed by atoms with Gasteiger partial charge in [-0.15, -0.1) is 0 Å². The maximum absolute atomic E-state index is 13.1. The van der Waals surface area contributed by atoms with Crippen molar-refractivity contribution >= 4 is 15.7 Å². The number of halogens is 1. The third kappa shape index (κ3) is 3.39. The van der Waals surface area contributed by atoms with Crippen molar-refractivity contribution in [2.75, 3.05) is 12.3 Å². The lowest BCUT2D eigenvalue weighted by atomic mass is 10.2. The number of hydrogen-bond acceptors (Lipinski definition) is 4. The Morgan fingerprint density at radius 3 is 2.65 bits per heavy atom. The number of anilines is 1. The number of aliphatic hydroxyl groups is 1. The molecule has 0 saturated heterocycles. The Kier molecular flexibility index (Phi) is 4.07. The minimum absolute atomic E-state index is 0.0861. The second-order valence-electron chi connectivity index (χ2n) is 3.84. The fraction of sp³-hybridized carbons (Fsp3) is 0.400. The van der Waals surface area contributed by atoms with Crippen molar-refractivity contribution in [2.24, 2.45) is 0 Å². The molecule has 0 saturated carbocycles. The monoisotopic (exact) mass is 262 g/mol. The van der Waals surface area contributed by atoms with Gasteiger partial charge in [-0.1, -0.05) is 0 Å². The maximum atomic E-state index is 13.1. The van der Waals surface area contributed by atoms with Crippen LogP contribution in [0.3, 0.4) is 0 Å². The highest BCUT2D eigenvalue weighted by Crippen LogP contribution is 2.21. The van der Waals surface area contributed by atoms with Crippen LogP contribution in [-0.2, 0) is 10.0 Å². The zero-order chi connectivity index (χ0) is 13.2. The van der Waals surface area contributed by atoms with Crippen molar-refractivity contribution < 1.29 is 17.9 Å². The van der Waals surface area contributed by atoms with Crippen molar-refractivity contribution in [3.8, 4) is 0 Å². The van der Waals surface area contributed by atoms with E-state index in [1.165, 1.54) is 13.8 Å². The summed E-state index contributed by atoms with van der Waals surface area (Å²) in [5, 5.41) is 9.02. The number of hydrogen-bond donors (Lipinski definition) is 3. The van der Waals surface area contributed by atoms with Crippen LogP contribution in [0.1, 0.15) is 12.5 Å². The van der Waals surface area contributed by atoms with E-state index in [4.69, 9.17) is 10.8 Å². The molecule has 0 aliphatic rings. The molecule has 1 rings (SSSR count). The van der Waals surface area contributed by atoms with Gasteiger partial charge >= 0.3 is 0 Å². The molecule has 0 amide bonds. The quantitative estimate of drug-likeness (QED) is 0.684. The molecule has 4 N–H and O–H groups in total. The molecular formula is C10H15FN2O3S. The molecule has 1 aromatic carbocycles. The Morgan fingerprint density at radius 2 is 2.12 bits per heavy atom. The predicted molar refractivity (Wildman–Crippen MR) is 62.4 cm³/mol. The van der Waals surface area contributed by atoms with Gasteiger partial charge in [-0.3, -0.25) is 0 Å². The van der Waals surface area contributed by atoms with Crippen LogP contribution in [0.5, 0.6) is 0 Å². The third-order valence-electron chi connectivity index (χ3n) is 2.15. The average Bonchev–Trinajstić information content (AvgIpc) is 2.20. The van der Waals surface area contributed by atoms with Crippen molar-refractivity contribution in [3.05, 3.63) is 23.5 Å². The lowest BCUT2D eigenvalue weighted by Crippen LogP contribution is -2.31. The van der Waals surface area contributed by atoms with E-state index in [1.54, 1.807) is 0 Å². The molecular weight excluding hydrogens is 247 g/mol. The number of nitrogens with one attached hydrogen (secondary N) is 1. The van der Waals surface area contributed by atoms with Gasteiger partial charge in [-0.25, -0.2) is 17.5 Å². The van der Waals surface area contributed by atoms with Crippen molar-refractivity contribution in [2.45, 2.75) is 24.8 Å². The second-order valence-corrected chi connectivity index (χ2v) is 5.58. The molecule has 1 atom stereocenters. The van der Waals surface area contributed by atoms with Crippen LogP contribution < -0.4 is 10.5 Å². The van der Waals surface area contributed by atoms with Crippen molar-refractivity contribution in [3.63, 3.8) is 0 Å². The lowest BCUT2D eigenvalue weighted by molar-refractivity contribution is 0.198. The summed E-state index contributed by atoms with van der Waals surface area (Å²) in [6.45, 7) is 2.81. The first-order valence-electron chi connectivity index (χ1n) is 4.97. The molecule has 7 heteroatoms. The van der Waals surface area contributed by atoms with Crippen LogP contribution in [-0.4, -0.2) is 26.2 Å². The number of aryl methyl sites for hydroxylation is 1. The molecule has 0 radical (unpaired) electrons. The molecule has 0 spiro atoms. The average molecular weight is 262 g/mol. The third-order valence-corrected chi connectivity index (χ3v) is 3.72. The van der Waals surface area contributed by atoms with E-state index in [0.29, 0.717) is 0 Å². The summed E-state index contributed by atoms with van der Waals surface area (Å²) < 4.78 is 38.9. The number of aliphatic hydroxyl groups excluding tert-OH is 1. The topological polar surface area (TPSA) is 92.4 Å². The van der Waals surface area contributed by atoms with Gasteiger partial charge in [0.2, 0.25) is 10.0 Å². The fourth-order valence-corrected chi connectivity index (χ4v) is 2.65. The van der Waals surface area contributed by atoms with E-state index >= 15 is 0 Å². The van der Waals surface area contributed by atoms with Gasteiger partial charge in [0.05, 0.1) is 16.7 Å². The first kappa shape index (κ1) is 13.9. The zero-order valence-corrected chi connectivity index (χ0v) is 10.4. The first-order chi connectivity index (χ1) is 7.74. The highest BCUT2D eigenvalue weighted by atomic mass is 32.2. The van der Waals surface area contributed by atoms with Gasteiger partial charge in [0.1, 0.15) is 5.82 Å². The normalized spacial score (nSPS) is 13.6. The molecule has 0 aliphatic heterocycles. The largest absolute Gasteiger partial charge is 0.396 e. The number of nitrogen functional groups attached to an aromatic ring is 1. The molecule has 0 bridgehead atoms. The molecule has 5 nitrogen and oxygen atoms in total. The molecule has 0 aliphatic carbocycles. The minimum Gasteiger partial charge on any atom is -0.396 e. The zero-order valence-electron chi connectivity index (χ0n) is 9.57. The van der Waals surface area contributed by atoms with Crippen molar-refractivity contribution in [1.82, 2.24) is 4.72 Å². The Labute approximate surface area is 99.5 Å². The van der Waals surface area contributed by atoms with E-state index in [2.05, 4.69) is 4.72 Å². The van der Waals surface area contributed by atoms with Gasteiger partial charge in [0, 0.05) is 6.54 Å². The summed E-state index contributed by atoms with van der Waals surface area (Å²) in [6, 6.07) is 2.13. The SMILES string of the molecule is Cc1cc(F)c(N)cc1S(=O)(=O)NC[C@H](C)O. The fourth-order valence-electron chi connectivity index (χ4n) is 1.27. The number of rotatable bonds is 4. The first-order valence-corrected chi connectivity index (χ1v) is 6.45. The Bertz CT molecular complexity index is 515. The van der Waals surface area contributed by atoms with Crippen LogP contribution >= 0.6 is 0 Å². The highest BCUT2D eigenvalue weighted by molar-refractivity contribution is 7.89. The molecule has 0 unspecified atom stereocenters. The van der Waals surface area contributed by atoms with Crippen LogP contribution in [0.2, 0.25) is 0 Å². The summed E-state index contributed by atoms with van der Waals surface area (Å²) in [6.07, 6.45) is -0.803. The summed E-state index contributed by atoms with van der Waals surface area (Å²) >= 11 is 0. The van der Waals surface area contributed by atoms with Gasteiger partial charge in [0.15, 0.2) is 0 Å². The summed E-state index contributed by atoms with van der Waals surface area (Å²) in [4.78, 5) is -0.0861. The smallest absolute Gasteiger partial charge is 0.240 e. The molecule has 0 heterocycles. The predicted octanol–water partition coefficient (Wildman–Crippen LogP) is 0.375. The number of sulfonamides is 1. The van der Waals surface area contributed by atoms with Crippen LogP contribution in [0.15, 0.2) is 17.0 Å². The number of benzene rings is 1. The minimum atomic E-state index is -3.78. The van der Waals surface area contributed by atoms with E-state index < -0.39 is 21.9 Å². The Morgan fingerprint density at radius 1 is 1.53 bits per heavy atom. The summed E-state index contributed by atoms with van der Waals surface area (Å²) in [7, 11) is -3.78. The van der Waals surface area contributed by atoms with Gasteiger partial charge in [-0.2, -0.15) is 0 Å². The van der Waals surface area contributed by atoms with Crippen LogP contribution in [0, 0.1) is 12.7 Å². The second kappa shape index (κ2) is 4.99. The summed E-state index contributed by atoms with van der Waals surface area (Å²) in [5.41, 5.74) is 5.36. The van der Waals surface area contributed by atoms with E-state index in [1.807, 2.05) is 0 Å². The molecule has 96 valence electrons. The van der Waals surface area contributed by atoms with E-state index in [0.717, 1.165) is 12.1 Å². The standard InChI is InChI=1S/C10H15FN2O3S/c1-6-3-8(11)9(12)4-10(6)17(15,16)13-5-7(2)14/h3-4,7,13-14H,5,12H2,1-2H3/t7-/m0/s1. The van der Waals surface area contributed by atoms with E-state index in [-0.39, 0.29) is 22.7 Å². The Hall–Kier alpha value is -1.18. The number of nitrogens with two attached hydrogens (primary N) is 1. The lowest BCUT2D eigenvalue weighted by Gasteiger charge is -2.11. The van der Waals surface area contributed by atoms with E-state index in [9.17, 15) is 12.8 Å². The van der Waals surface area contributed by atoms with Crippen molar-refractivity contribution in [1.29, 1.82) is 0 Å². The summed E-state index contributed by atoms with van der Waals surface area (Å²) in [5.74, 6) is -0.656.